The second kappa shape index (κ2) is 6.23. The van der Waals surface area contributed by atoms with Gasteiger partial charge in [0.05, 0.1) is 12.6 Å². The molecule has 0 heterocycles. The van der Waals surface area contributed by atoms with Gasteiger partial charge in [-0.05, 0) is 31.0 Å². The predicted octanol–water partition coefficient (Wildman–Crippen LogP) is 2.30. The summed E-state index contributed by atoms with van der Waals surface area (Å²) in [4.78, 5) is 0. The summed E-state index contributed by atoms with van der Waals surface area (Å²) in [5.41, 5.74) is 5.10. The third-order valence-corrected chi connectivity index (χ3v) is 3.14. The van der Waals surface area contributed by atoms with E-state index in [1.807, 2.05) is 6.92 Å². The minimum atomic E-state index is 0.0434. The second-order valence-corrected chi connectivity index (χ2v) is 4.24. The highest BCUT2D eigenvalue weighted by Gasteiger charge is 2.10. The molecule has 4 heteroatoms. The van der Waals surface area contributed by atoms with Crippen LogP contribution in [0.5, 0.6) is 0 Å². The van der Waals surface area contributed by atoms with Crippen LogP contribution in [-0.2, 0) is 4.74 Å². The van der Waals surface area contributed by atoms with Crippen LogP contribution in [0.15, 0.2) is 22.7 Å². The molecule has 0 aliphatic rings. The molecule has 0 fully saturated rings. The van der Waals surface area contributed by atoms with Crippen molar-refractivity contribution in [3.05, 3.63) is 33.8 Å². The van der Waals surface area contributed by atoms with Crippen LogP contribution in [0.3, 0.4) is 0 Å². The molecule has 0 amide bonds. The molecular formula is C11H17BrN2O. The smallest absolute Gasteiger partial charge is 0.0694 e. The number of hydrazine groups is 1. The van der Waals surface area contributed by atoms with Crippen molar-refractivity contribution in [2.24, 2.45) is 5.84 Å². The highest BCUT2D eigenvalue weighted by Crippen LogP contribution is 2.21. The molecule has 0 aliphatic carbocycles. The summed E-state index contributed by atoms with van der Waals surface area (Å²) >= 11 is 3.50. The standard InChI is InChI=1S/C11H17BrN2O/c1-3-15-7-11(14-13)9-5-4-8(2)10(12)6-9/h4-6,11,14H,3,7,13H2,1-2H3. The lowest BCUT2D eigenvalue weighted by Gasteiger charge is -2.16. The third kappa shape index (κ3) is 3.57. The highest BCUT2D eigenvalue weighted by molar-refractivity contribution is 9.10. The predicted molar refractivity (Wildman–Crippen MR) is 65.4 cm³/mol. The summed E-state index contributed by atoms with van der Waals surface area (Å²) < 4.78 is 6.45. The van der Waals surface area contributed by atoms with E-state index < -0.39 is 0 Å². The fraction of sp³-hybridized carbons (Fsp3) is 0.455. The summed E-state index contributed by atoms with van der Waals surface area (Å²) in [6.45, 7) is 5.31. The zero-order valence-corrected chi connectivity index (χ0v) is 10.7. The normalized spacial score (nSPS) is 12.8. The van der Waals surface area contributed by atoms with Gasteiger partial charge in [-0.3, -0.25) is 11.3 Å². The molecule has 0 bridgehead atoms. The van der Waals surface area contributed by atoms with Gasteiger partial charge in [0, 0.05) is 11.1 Å². The minimum Gasteiger partial charge on any atom is -0.380 e. The summed E-state index contributed by atoms with van der Waals surface area (Å²) in [6, 6.07) is 6.24. The van der Waals surface area contributed by atoms with Gasteiger partial charge in [-0.1, -0.05) is 28.1 Å². The maximum atomic E-state index is 5.49. The summed E-state index contributed by atoms with van der Waals surface area (Å²) in [5, 5.41) is 0. The van der Waals surface area contributed by atoms with Crippen molar-refractivity contribution in [2.75, 3.05) is 13.2 Å². The van der Waals surface area contributed by atoms with Crippen molar-refractivity contribution in [1.82, 2.24) is 5.43 Å². The number of ether oxygens (including phenoxy) is 1. The number of nitrogens with two attached hydrogens (primary N) is 1. The van der Waals surface area contributed by atoms with Gasteiger partial charge >= 0.3 is 0 Å². The van der Waals surface area contributed by atoms with Crippen LogP contribution in [0.1, 0.15) is 24.1 Å². The molecule has 1 aromatic rings. The average Bonchev–Trinajstić information content (AvgIpc) is 2.24. The first-order chi connectivity index (χ1) is 7.19. The summed E-state index contributed by atoms with van der Waals surface area (Å²) in [5.74, 6) is 5.49. The zero-order valence-electron chi connectivity index (χ0n) is 9.09. The van der Waals surface area contributed by atoms with Gasteiger partial charge in [-0.15, -0.1) is 0 Å². The molecule has 3 N–H and O–H groups in total. The Kier molecular flexibility index (Phi) is 5.25. The van der Waals surface area contributed by atoms with Gasteiger partial charge < -0.3 is 4.74 Å². The molecule has 1 atom stereocenters. The maximum absolute atomic E-state index is 5.49. The Hall–Kier alpha value is -0.420. The van der Waals surface area contributed by atoms with Gasteiger partial charge in [-0.25, -0.2) is 0 Å². The van der Waals surface area contributed by atoms with E-state index in [9.17, 15) is 0 Å². The Morgan fingerprint density at radius 2 is 2.27 bits per heavy atom. The van der Waals surface area contributed by atoms with Crippen LogP contribution >= 0.6 is 15.9 Å². The first-order valence-corrected chi connectivity index (χ1v) is 5.78. The average molecular weight is 273 g/mol. The van der Waals surface area contributed by atoms with Crippen LogP contribution in [0.25, 0.3) is 0 Å². The zero-order chi connectivity index (χ0) is 11.3. The molecule has 84 valence electrons. The monoisotopic (exact) mass is 272 g/mol. The van der Waals surface area contributed by atoms with E-state index >= 15 is 0 Å². The Labute approximate surface area is 99.1 Å². The maximum Gasteiger partial charge on any atom is 0.0694 e. The number of rotatable bonds is 5. The van der Waals surface area contributed by atoms with Crippen molar-refractivity contribution in [2.45, 2.75) is 19.9 Å². The van der Waals surface area contributed by atoms with Crippen LogP contribution in [-0.4, -0.2) is 13.2 Å². The number of aryl methyl sites for hydroxylation is 1. The van der Waals surface area contributed by atoms with Gasteiger partial charge in [-0.2, -0.15) is 0 Å². The first kappa shape index (κ1) is 12.6. The summed E-state index contributed by atoms with van der Waals surface area (Å²) in [7, 11) is 0. The minimum absolute atomic E-state index is 0.0434. The van der Waals surface area contributed by atoms with E-state index in [1.165, 1.54) is 5.56 Å². The van der Waals surface area contributed by atoms with Gasteiger partial charge in [0.15, 0.2) is 0 Å². The van der Waals surface area contributed by atoms with Gasteiger partial charge in [0.25, 0.3) is 0 Å². The third-order valence-electron chi connectivity index (χ3n) is 2.29. The van der Waals surface area contributed by atoms with Crippen LogP contribution in [0, 0.1) is 6.92 Å². The fourth-order valence-corrected chi connectivity index (χ4v) is 1.70. The number of hydrogen-bond donors (Lipinski definition) is 2. The lowest BCUT2D eigenvalue weighted by Crippen LogP contribution is -2.31. The quantitative estimate of drug-likeness (QED) is 0.639. The first-order valence-electron chi connectivity index (χ1n) is 4.99. The molecule has 3 nitrogen and oxygen atoms in total. The van der Waals surface area contributed by atoms with Crippen molar-refractivity contribution < 1.29 is 4.74 Å². The molecule has 0 aromatic heterocycles. The SMILES string of the molecule is CCOCC(NN)c1ccc(C)c(Br)c1. The molecule has 1 unspecified atom stereocenters. The fourth-order valence-electron chi connectivity index (χ4n) is 1.30. The lowest BCUT2D eigenvalue weighted by molar-refractivity contribution is 0.123. The topological polar surface area (TPSA) is 47.3 Å². The second-order valence-electron chi connectivity index (χ2n) is 3.39. The van der Waals surface area contributed by atoms with E-state index in [2.05, 4.69) is 46.5 Å². The van der Waals surface area contributed by atoms with Gasteiger partial charge in [0.2, 0.25) is 0 Å². The summed E-state index contributed by atoms with van der Waals surface area (Å²) in [6.07, 6.45) is 0. The van der Waals surface area contributed by atoms with Crippen LogP contribution < -0.4 is 11.3 Å². The Morgan fingerprint density at radius 3 is 2.80 bits per heavy atom. The van der Waals surface area contributed by atoms with Crippen molar-refractivity contribution in [3.8, 4) is 0 Å². The Bertz CT molecular complexity index is 317. The van der Waals surface area contributed by atoms with E-state index in [4.69, 9.17) is 10.6 Å². The molecule has 1 aromatic carbocycles. The van der Waals surface area contributed by atoms with E-state index in [0.29, 0.717) is 13.2 Å². The highest BCUT2D eigenvalue weighted by atomic mass is 79.9. The van der Waals surface area contributed by atoms with Gasteiger partial charge in [0.1, 0.15) is 0 Å². The number of nitrogens with one attached hydrogen (secondary N) is 1. The Morgan fingerprint density at radius 1 is 1.53 bits per heavy atom. The van der Waals surface area contributed by atoms with Crippen molar-refractivity contribution >= 4 is 15.9 Å². The molecule has 1 rings (SSSR count). The van der Waals surface area contributed by atoms with Crippen molar-refractivity contribution in [3.63, 3.8) is 0 Å². The van der Waals surface area contributed by atoms with E-state index in [-0.39, 0.29) is 6.04 Å². The Balaban J connectivity index is 2.78. The lowest BCUT2D eigenvalue weighted by atomic mass is 10.1. The molecule has 0 radical (unpaired) electrons. The van der Waals surface area contributed by atoms with Crippen molar-refractivity contribution in [1.29, 1.82) is 0 Å². The van der Waals surface area contributed by atoms with Crippen LogP contribution in [0.4, 0.5) is 0 Å². The molecule has 0 spiro atoms. The molecule has 15 heavy (non-hydrogen) atoms. The van der Waals surface area contributed by atoms with E-state index in [1.54, 1.807) is 0 Å². The molecule has 0 saturated carbocycles. The molecule has 0 saturated heterocycles. The van der Waals surface area contributed by atoms with Crippen LogP contribution in [0.2, 0.25) is 0 Å². The largest absolute Gasteiger partial charge is 0.380 e. The number of halogens is 1. The number of hydrogen-bond acceptors (Lipinski definition) is 3. The van der Waals surface area contributed by atoms with E-state index in [0.717, 1.165) is 10.0 Å². The number of benzene rings is 1. The molecular weight excluding hydrogens is 256 g/mol. The molecule has 0 aliphatic heterocycles.